The number of quaternary nitrogens is 1. The zero-order chi connectivity index (χ0) is 8.78. The minimum absolute atomic E-state index is 0.0694. The Kier molecular flexibility index (Phi) is 6.29. The first-order valence-corrected chi connectivity index (χ1v) is 3.00. The number of nitrogens with two attached hydrogens (primary N) is 1. The van der Waals surface area contributed by atoms with E-state index in [-0.39, 0.29) is 6.54 Å². The second-order valence-corrected chi connectivity index (χ2v) is 2.82. The summed E-state index contributed by atoms with van der Waals surface area (Å²) >= 11 is 0. The van der Waals surface area contributed by atoms with E-state index in [0.717, 1.165) is 0 Å². The topological polar surface area (TPSA) is 66.2 Å². The van der Waals surface area contributed by atoms with Crippen LogP contribution >= 0.6 is 0 Å². The highest BCUT2D eigenvalue weighted by Gasteiger charge is 2.04. The molecule has 4 heteroatoms. The van der Waals surface area contributed by atoms with Crippen molar-refractivity contribution in [2.45, 2.75) is 0 Å². The number of carbonyl (C=O) groups excluding carboxylic acids is 1. The first-order chi connectivity index (χ1) is 4.42. The minimum atomic E-state index is -1.00. The van der Waals surface area contributed by atoms with Crippen molar-refractivity contribution in [3.8, 4) is 0 Å². The lowest BCUT2D eigenvalue weighted by molar-refractivity contribution is -0.864. The molecule has 0 saturated heterocycles. The molecule has 4 nitrogen and oxygen atoms in total. The van der Waals surface area contributed by atoms with Crippen LogP contribution in [0.2, 0.25) is 0 Å². The van der Waals surface area contributed by atoms with Gasteiger partial charge in [-0.2, -0.15) is 0 Å². The molecule has 0 rings (SSSR count). The molecule has 2 N–H and O–H groups in total. The number of carbonyl (C=O) groups is 1. The average molecular weight is 148 g/mol. The van der Waals surface area contributed by atoms with Crippen LogP contribution in [0.25, 0.3) is 0 Å². The summed E-state index contributed by atoms with van der Waals surface area (Å²) in [5.74, 6) is -1.00. The summed E-state index contributed by atoms with van der Waals surface area (Å²) in [7, 11) is 6.90. The van der Waals surface area contributed by atoms with Crippen molar-refractivity contribution in [3.63, 3.8) is 0 Å². The normalized spacial score (nSPS) is 9.70. The van der Waals surface area contributed by atoms with Crippen LogP contribution in [-0.2, 0) is 4.79 Å². The predicted octanol–water partition coefficient (Wildman–Crippen LogP) is -1.98. The number of hydrogen-bond donors (Lipinski definition) is 1. The second kappa shape index (κ2) is 5.20. The van der Waals surface area contributed by atoms with E-state index in [1.807, 2.05) is 0 Å². The average Bonchev–Trinajstić information content (AvgIpc) is 1.64. The van der Waals surface area contributed by atoms with Crippen LogP contribution < -0.4 is 10.8 Å². The van der Waals surface area contributed by atoms with Crippen molar-refractivity contribution in [1.82, 2.24) is 0 Å². The number of hydrogen-bond acceptors (Lipinski definition) is 3. The number of aliphatic carboxylic acids is 1. The Morgan fingerprint density at radius 3 is 1.70 bits per heavy atom. The van der Waals surface area contributed by atoms with Gasteiger partial charge in [-0.05, 0) is 7.05 Å². The molecule has 0 saturated carbocycles. The smallest absolute Gasteiger partial charge is 0.118 e. The van der Waals surface area contributed by atoms with Gasteiger partial charge in [0.25, 0.3) is 0 Å². The molecule has 0 heterocycles. The number of rotatable bonds is 2. The highest BCUT2D eigenvalue weighted by Crippen LogP contribution is 1.84. The lowest BCUT2D eigenvalue weighted by Gasteiger charge is -2.23. The van der Waals surface area contributed by atoms with Gasteiger partial charge < -0.3 is 20.1 Å². The third-order valence-electron chi connectivity index (χ3n) is 0.603. The largest absolute Gasteiger partial charge is 0.544 e. The predicted molar refractivity (Wildman–Crippen MR) is 38.0 cm³/mol. The van der Waals surface area contributed by atoms with Crippen LogP contribution in [-0.4, -0.2) is 45.2 Å². The molecular weight excluding hydrogens is 132 g/mol. The molecule has 10 heavy (non-hydrogen) atoms. The van der Waals surface area contributed by atoms with Crippen molar-refractivity contribution >= 4 is 5.97 Å². The molecule has 0 aliphatic rings. The van der Waals surface area contributed by atoms with Crippen molar-refractivity contribution in [1.29, 1.82) is 0 Å². The van der Waals surface area contributed by atoms with Crippen LogP contribution in [0.15, 0.2) is 0 Å². The summed E-state index contributed by atoms with van der Waals surface area (Å²) in [6.45, 7) is 0.0694. The zero-order valence-electron chi connectivity index (χ0n) is 7.05. The van der Waals surface area contributed by atoms with E-state index in [2.05, 4.69) is 5.73 Å². The molecule has 0 aromatic carbocycles. The van der Waals surface area contributed by atoms with E-state index in [4.69, 9.17) is 0 Å². The van der Waals surface area contributed by atoms with Gasteiger partial charge in [-0.1, -0.05) is 0 Å². The minimum Gasteiger partial charge on any atom is -0.544 e. The van der Waals surface area contributed by atoms with E-state index in [1.165, 1.54) is 7.05 Å². The number of carboxylic acid groups (broad SMARTS) is 1. The summed E-state index contributed by atoms with van der Waals surface area (Å²) in [5.41, 5.74) is 4.50. The lowest BCUT2D eigenvalue weighted by Crippen LogP contribution is -2.45. The summed E-state index contributed by atoms with van der Waals surface area (Å²) < 4.78 is 0.419. The molecular formula is C6H16N2O2. The third-order valence-corrected chi connectivity index (χ3v) is 0.603. The van der Waals surface area contributed by atoms with Gasteiger partial charge in [0.15, 0.2) is 0 Å². The van der Waals surface area contributed by atoms with Crippen molar-refractivity contribution in [2.75, 3.05) is 34.7 Å². The number of carboxylic acids is 1. The fourth-order valence-electron chi connectivity index (χ4n) is 0.387. The Hall–Kier alpha value is -0.610. The Morgan fingerprint density at radius 2 is 1.70 bits per heavy atom. The SMILES string of the molecule is CN.C[N+](C)(C)CC(=O)[O-]. The highest BCUT2D eigenvalue weighted by atomic mass is 16.4. The van der Waals surface area contributed by atoms with Crippen LogP contribution in [0.3, 0.4) is 0 Å². The van der Waals surface area contributed by atoms with Gasteiger partial charge in [-0.15, -0.1) is 0 Å². The van der Waals surface area contributed by atoms with Gasteiger partial charge in [-0.3, -0.25) is 0 Å². The van der Waals surface area contributed by atoms with Crippen LogP contribution in [0.1, 0.15) is 0 Å². The Balaban J connectivity index is 0. The molecule has 62 valence electrons. The number of likely N-dealkylation sites (N-methyl/N-ethyl adjacent to an activating group) is 1. The number of nitrogens with zero attached hydrogens (tertiary/aromatic N) is 1. The quantitative estimate of drug-likeness (QED) is 0.461. The molecule has 0 atom stereocenters. The molecule has 0 radical (unpaired) electrons. The maximum Gasteiger partial charge on any atom is 0.118 e. The molecule has 0 aliphatic carbocycles. The summed E-state index contributed by atoms with van der Waals surface area (Å²) in [5, 5.41) is 9.89. The molecule has 0 unspecified atom stereocenters. The van der Waals surface area contributed by atoms with Crippen LogP contribution in [0.5, 0.6) is 0 Å². The molecule has 0 aromatic rings. The van der Waals surface area contributed by atoms with E-state index in [9.17, 15) is 9.90 Å². The van der Waals surface area contributed by atoms with Crippen molar-refractivity contribution < 1.29 is 14.4 Å². The molecule has 0 spiro atoms. The van der Waals surface area contributed by atoms with Gasteiger partial charge in [0.1, 0.15) is 6.54 Å². The standard InChI is InChI=1S/C5H11NO2.CH5N/c1-6(2,3)4-5(7)8;1-2/h4H2,1-3H3;2H2,1H3. The molecule has 0 amide bonds. The molecule has 0 fully saturated rings. The Bertz CT molecular complexity index is 96.4. The van der Waals surface area contributed by atoms with Crippen molar-refractivity contribution in [3.05, 3.63) is 0 Å². The fourth-order valence-corrected chi connectivity index (χ4v) is 0.387. The van der Waals surface area contributed by atoms with E-state index >= 15 is 0 Å². The Labute approximate surface area is 61.8 Å². The molecule has 0 aliphatic heterocycles. The van der Waals surface area contributed by atoms with Gasteiger partial charge in [0.05, 0.1) is 27.1 Å². The maximum atomic E-state index is 9.89. The highest BCUT2D eigenvalue weighted by molar-refractivity contribution is 5.65. The first kappa shape index (κ1) is 12.1. The Morgan fingerprint density at radius 1 is 1.40 bits per heavy atom. The molecule has 0 bridgehead atoms. The van der Waals surface area contributed by atoms with Crippen molar-refractivity contribution in [2.24, 2.45) is 5.73 Å². The second-order valence-electron chi connectivity index (χ2n) is 2.82. The van der Waals surface area contributed by atoms with Gasteiger partial charge in [-0.25, -0.2) is 0 Å². The summed E-state index contributed by atoms with van der Waals surface area (Å²) in [4.78, 5) is 9.89. The van der Waals surface area contributed by atoms with E-state index in [0.29, 0.717) is 4.48 Å². The fraction of sp³-hybridized carbons (Fsp3) is 0.833. The van der Waals surface area contributed by atoms with E-state index in [1.54, 1.807) is 21.1 Å². The van der Waals surface area contributed by atoms with Crippen LogP contribution in [0.4, 0.5) is 0 Å². The summed E-state index contributed by atoms with van der Waals surface area (Å²) in [6.07, 6.45) is 0. The summed E-state index contributed by atoms with van der Waals surface area (Å²) in [6, 6.07) is 0. The maximum absolute atomic E-state index is 9.89. The molecule has 0 aromatic heterocycles. The van der Waals surface area contributed by atoms with Gasteiger partial charge in [0, 0.05) is 0 Å². The zero-order valence-corrected chi connectivity index (χ0v) is 7.05. The van der Waals surface area contributed by atoms with Gasteiger partial charge in [0.2, 0.25) is 0 Å². The van der Waals surface area contributed by atoms with Crippen LogP contribution in [0, 0.1) is 0 Å². The first-order valence-electron chi connectivity index (χ1n) is 3.00. The lowest BCUT2D eigenvalue weighted by atomic mass is 10.5. The van der Waals surface area contributed by atoms with E-state index < -0.39 is 5.97 Å². The van der Waals surface area contributed by atoms with Gasteiger partial charge >= 0.3 is 0 Å². The monoisotopic (exact) mass is 148 g/mol. The third kappa shape index (κ3) is 15.7.